The van der Waals surface area contributed by atoms with Gasteiger partial charge in [-0.1, -0.05) is 11.2 Å². The van der Waals surface area contributed by atoms with Gasteiger partial charge in [0.05, 0.1) is 13.3 Å². The van der Waals surface area contributed by atoms with Crippen molar-refractivity contribution in [3.63, 3.8) is 0 Å². The van der Waals surface area contributed by atoms with E-state index < -0.39 is 24.6 Å². The maximum Gasteiger partial charge on any atom is 0.347 e. The zero-order chi connectivity index (χ0) is 21.3. The zero-order valence-corrected chi connectivity index (χ0v) is 16.6. The first-order chi connectivity index (χ1) is 14.5. The van der Waals surface area contributed by atoms with Crippen molar-refractivity contribution in [3.8, 4) is 17.2 Å². The number of hydrogen-bond donors (Lipinski definition) is 1. The highest BCUT2D eigenvalue weighted by molar-refractivity contribution is 5.83. The number of rotatable bonds is 9. The molecule has 9 nitrogen and oxygen atoms in total. The molecule has 9 heteroatoms. The van der Waals surface area contributed by atoms with Crippen LogP contribution in [0.1, 0.15) is 18.1 Å². The quantitative estimate of drug-likeness (QED) is 0.380. The third-order valence-electron chi connectivity index (χ3n) is 4.16. The van der Waals surface area contributed by atoms with Crippen LogP contribution in [0.3, 0.4) is 0 Å². The number of hydrogen-bond acceptors (Lipinski definition) is 8. The molecule has 1 atom stereocenters. The Morgan fingerprint density at radius 1 is 1.17 bits per heavy atom. The second-order valence-corrected chi connectivity index (χ2v) is 6.32. The highest BCUT2D eigenvalue weighted by Gasteiger charge is 2.18. The molecule has 30 heavy (non-hydrogen) atoms. The average molecular weight is 414 g/mol. The lowest BCUT2D eigenvalue weighted by Crippen LogP contribution is -2.36. The summed E-state index contributed by atoms with van der Waals surface area (Å²) in [7, 11) is 1.58. The summed E-state index contributed by atoms with van der Waals surface area (Å²) < 4.78 is 20.6. The fraction of sp³-hybridized carbons (Fsp3) is 0.286. The Morgan fingerprint density at radius 3 is 2.70 bits per heavy atom. The van der Waals surface area contributed by atoms with Gasteiger partial charge in [-0.25, -0.2) is 4.79 Å². The van der Waals surface area contributed by atoms with E-state index in [9.17, 15) is 9.59 Å². The Kier molecular flexibility index (Phi) is 7.09. The van der Waals surface area contributed by atoms with E-state index >= 15 is 0 Å². The van der Waals surface area contributed by atoms with E-state index in [1.807, 2.05) is 6.07 Å². The highest BCUT2D eigenvalue weighted by atomic mass is 16.7. The highest BCUT2D eigenvalue weighted by Crippen LogP contribution is 2.32. The SMILES string of the molecule is COc1ccc(/C=N\OCC(=O)O[C@H](C)C(=O)NCc2ccc3c(c2)OCO3)cc1. The number of esters is 1. The minimum absolute atomic E-state index is 0.185. The summed E-state index contributed by atoms with van der Waals surface area (Å²) in [4.78, 5) is 28.8. The van der Waals surface area contributed by atoms with Crippen LogP contribution in [0, 0.1) is 0 Å². The van der Waals surface area contributed by atoms with Crippen LogP contribution < -0.4 is 19.5 Å². The van der Waals surface area contributed by atoms with Crippen LogP contribution in [0.25, 0.3) is 0 Å². The molecule has 0 aliphatic carbocycles. The second kappa shape index (κ2) is 10.1. The number of carbonyl (C=O) groups is 2. The molecule has 0 spiro atoms. The van der Waals surface area contributed by atoms with Gasteiger partial charge in [0.1, 0.15) is 5.75 Å². The van der Waals surface area contributed by atoms with Gasteiger partial charge in [0, 0.05) is 6.54 Å². The summed E-state index contributed by atoms with van der Waals surface area (Å²) in [6.45, 7) is 1.52. The predicted molar refractivity (Wildman–Crippen MR) is 107 cm³/mol. The van der Waals surface area contributed by atoms with E-state index in [4.69, 9.17) is 23.8 Å². The van der Waals surface area contributed by atoms with Gasteiger partial charge in [-0.2, -0.15) is 0 Å². The van der Waals surface area contributed by atoms with Gasteiger partial charge in [-0.15, -0.1) is 0 Å². The Bertz CT molecular complexity index is 912. The van der Waals surface area contributed by atoms with Crippen LogP contribution in [0.4, 0.5) is 0 Å². The molecule has 1 aliphatic rings. The second-order valence-electron chi connectivity index (χ2n) is 6.32. The van der Waals surface area contributed by atoms with E-state index in [1.54, 1.807) is 43.5 Å². The lowest BCUT2D eigenvalue weighted by molar-refractivity contribution is -0.159. The van der Waals surface area contributed by atoms with Crippen molar-refractivity contribution < 1.29 is 33.4 Å². The molecule has 0 fully saturated rings. The average Bonchev–Trinajstić information content (AvgIpc) is 3.23. The third-order valence-corrected chi connectivity index (χ3v) is 4.16. The summed E-state index contributed by atoms with van der Waals surface area (Å²) in [5.74, 6) is 0.897. The van der Waals surface area contributed by atoms with Crippen molar-refractivity contribution in [3.05, 3.63) is 53.6 Å². The maximum atomic E-state index is 12.1. The molecule has 0 bridgehead atoms. The maximum absolute atomic E-state index is 12.1. The number of methoxy groups -OCH3 is 1. The molecule has 3 rings (SSSR count). The van der Waals surface area contributed by atoms with Crippen molar-refractivity contribution in [1.82, 2.24) is 5.32 Å². The first kappa shape index (κ1) is 21.0. The largest absolute Gasteiger partial charge is 0.497 e. The summed E-state index contributed by atoms with van der Waals surface area (Å²) in [5, 5.41) is 6.40. The minimum Gasteiger partial charge on any atom is -0.497 e. The van der Waals surface area contributed by atoms with Crippen molar-refractivity contribution in [2.75, 3.05) is 20.5 Å². The number of amides is 1. The molecular weight excluding hydrogens is 392 g/mol. The molecule has 1 amide bonds. The van der Waals surface area contributed by atoms with E-state index in [1.165, 1.54) is 13.1 Å². The molecule has 0 unspecified atom stereocenters. The monoisotopic (exact) mass is 414 g/mol. The lowest BCUT2D eigenvalue weighted by Gasteiger charge is -2.13. The van der Waals surface area contributed by atoms with E-state index in [0.29, 0.717) is 11.5 Å². The molecule has 0 saturated heterocycles. The zero-order valence-electron chi connectivity index (χ0n) is 16.6. The Morgan fingerprint density at radius 2 is 1.93 bits per heavy atom. The summed E-state index contributed by atoms with van der Waals surface area (Å²) >= 11 is 0. The molecule has 2 aromatic rings. The van der Waals surface area contributed by atoms with Crippen LogP contribution in [-0.2, 0) is 25.7 Å². The molecule has 1 heterocycles. The van der Waals surface area contributed by atoms with E-state index in [2.05, 4.69) is 10.5 Å². The number of ether oxygens (including phenoxy) is 4. The standard InChI is InChI=1S/C21H22N2O7/c1-14(21(25)22-10-16-5-8-18-19(9-16)28-13-27-18)30-20(24)12-29-23-11-15-3-6-17(26-2)7-4-15/h3-9,11,14H,10,12-13H2,1-2H3,(H,22,25)/b23-11-/t14-/m1/s1. The Hall–Kier alpha value is -3.75. The van der Waals surface area contributed by atoms with Crippen LogP contribution >= 0.6 is 0 Å². The number of benzene rings is 2. The summed E-state index contributed by atoms with van der Waals surface area (Å²) in [6, 6.07) is 12.5. The molecule has 1 aliphatic heterocycles. The van der Waals surface area contributed by atoms with Gasteiger partial charge in [-0.3, -0.25) is 4.79 Å². The number of fused-ring (bicyclic) bond motifs is 1. The minimum atomic E-state index is -0.972. The molecule has 158 valence electrons. The van der Waals surface area contributed by atoms with Crippen LogP contribution in [0.15, 0.2) is 47.6 Å². The third kappa shape index (κ3) is 5.87. The molecule has 0 aromatic heterocycles. The number of nitrogens with zero attached hydrogens (tertiary/aromatic N) is 1. The van der Waals surface area contributed by atoms with Gasteiger partial charge >= 0.3 is 5.97 Å². The van der Waals surface area contributed by atoms with Crippen molar-refractivity contribution in [1.29, 1.82) is 0 Å². The molecular formula is C21H22N2O7. The summed E-state index contributed by atoms with van der Waals surface area (Å²) in [6.07, 6.45) is 0.481. The van der Waals surface area contributed by atoms with Crippen molar-refractivity contribution in [2.45, 2.75) is 19.6 Å². The first-order valence-corrected chi connectivity index (χ1v) is 9.20. The predicted octanol–water partition coefficient (Wildman–Crippen LogP) is 2.02. The van der Waals surface area contributed by atoms with E-state index in [-0.39, 0.29) is 13.3 Å². The van der Waals surface area contributed by atoms with Gasteiger partial charge < -0.3 is 29.1 Å². The number of oxime groups is 1. The fourth-order valence-electron chi connectivity index (χ4n) is 2.55. The Balaban J connectivity index is 1.36. The molecule has 2 aromatic carbocycles. The number of nitrogens with one attached hydrogen (secondary N) is 1. The van der Waals surface area contributed by atoms with Gasteiger partial charge in [0.25, 0.3) is 5.91 Å². The van der Waals surface area contributed by atoms with Gasteiger partial charge in [0.2, 0.25) is 13.4 Å². The normalized spacial score (nSPS) is 13.0. The molecule has 1 N–H and O–H groups in total. The van der Waals surface area contributed by atoms with Crippen molar-refractivity contribution in [2.24, 2.45) is 5.16 Å². The lowest BCUT2D eigenvalue weighted by atomic mass is 10.2. The van der Waals surface area contributed by atoms with Crippen LogP contribution in [0.5, 0.6) is 17.2 Å². The van der Waals surface area contributed by atoms with Crippen LogP contribution in [0.2, 0.25) is 0 Å². The molecule has 0 saturated carbocycles. The van der Waals surface area contributed by atoms with Crippen LogP contribution in [-0.4, -0.2) is 44.7 Å². The Labute approximate surface area is 173 Å². The fourth-order valence-corrected chi connectivity index (χ4v) is 2.55. The van der Waals surface area contributed by atoms with E-state index in [0.717, 1.165) is 16.9 Å². The number of carbonyl (C=O) groups excluding carboxylic acids is 2. The topological polar surface area (TPSA) is 105 Å². The summed E-state index contributed by atoms with van der Waals surface area (Å²) in [5.41, 5.74) is 1.61. The first-order valence-electron chi connectivity index (χ1n) is 9.20. The molecule has 0 radical (unpaired) electrons. The van der Waals surface area contributed by atoms with Gasteiger partial charge in [-0.05, 0) is 54.4 Å². The smallest absolute Gasteiger partial charge is 0.347 e. The van der Waals surface area contributed by atoms with Crippen molar-refractivity contribution >= 4 is 18.1 Å². The van der Waals surface area contributed by atoms with Gasteiger partial charge in [0.15, 0.2) is 17.6 Å².